The summed E-state index contributed by atoms with van der Waals surface area (Å²) in [5, 5.41) is 6.84. The van der Waals surface area contributed by atoms with Crippen molar-refractivity contribution in [2.45, 2.75) is 45.6 Å². The molecule has 1 fully saturated rings. The van der Waals surface area contributed by atoms with Gasteiger partial charge in [-0.2, -0.15) is 0 Å². The molecule has 1 heterocycles. The van der Waals surface area contributed by atoms with Crippen molar-refractivity contribution in [3.05, 3.63) is 23.8 Å². The van der Waals surface area contributed by atoms with Crippen molar-refractivity contribution in [2.24, 2.45) is 11.1 Å². The van der Waals surface area contributed by atoms with E-state index in [1.165, 1.54) is 6.42 Å². The van der Waals surface area contributed by atoms with Gasteiger partial charge in [-0.15, -0.1) is 0 Å². The van der Waals surface area contributed by atoms with E-state index in [1.54, 1.807) is 19.1 Å². The molecule has 1 aromatic rings. The van der Waals surface area contributed by atoms with Crippen molar-refractivity contribution in [1.29, 1.82) is 0 Å². The van der Waals surface area contributed by atoms with Crippen molar-refractivity contribution in [3.8, 4) is 11.5 Å². The fourth-order valence-corrected chi connectivity index (χ4v) is 3.32. The summed E-state index contributed by atoms with van der Waals surface area (Å²) in [4.78, 5) is 28.7. The Morgan fingerprint density at radius 2 is 1.96 bits per heavy atom. The van der Waals surface area contributed by atoms with Crippen LogP contribution in [0.1, 0.15) is 45.1 Å². The Labute approximate surface area is 164 Å². The molecule has 0 bridgehead atoms. The third-order valence-corrected chi connectivity index (χ3v) is 5.00. The summed E-state index contributed by atoms with van der Waals surface area (Å²) in [5.74, 6) is 0.846. The molecule has 0 radical (unpaired) electrons. The van der Waals surface area contributed by atoms with Crippen LogP contribution in [-0.4, -0.2) is 43.6 Å². The molecule has 2 aliphatic rings. The second-order valence-electron chi connectivity index (χ2n) is 7.11. The Morgan fingerprint density at radius 3 is 2.79 bits per heavy atom. The van der Waals surface area contributed by atoms with Gasteiger partial charge in [0.2, 0.25) is 13.4 Å². The molecule has 0 saturated heterocycles. The predicted octanol–water partition coefficient (Wildman–Crippen LogP) is 2.39. The minimum atomic E-state index is -0.644. The number of hydrogen-bond acceptors (Lipinski definition) is 7. The van der Waals surface area contributed by atoms with E-state index >= 15 is 0 Å². The van der Waals surface area contributed by atoms with Crippen LogP contribution in [0.4, 0.5) is 0 Å². The number of ether oxygens (including phenoxy) is 3. The van der Waals surface area contributed by atoms with E-state index < -0.39 is 5.97 Å². The van der Waals surface area contributed by atoms with E-state index in [2.05, 4.69) is 17.4 Å². The van der Waals surface area contributed by atoms with E-state index in [-0.39, 0.29) is 32.0 Å². The highest BCUT2D eigenvalue weighted by molar-refractivity contribution is 5.99. The molecule has 1 N–H and O–H groups in total. The normalized spacial score (nSPS) is 21.1. The molecule has 1 aliphatic heterocycles. The first-order valence-corrected chi connectivity index (χ1v) is 9.54. The maximum atomic E-state index is 11.9. The second kappa shape index (κ2) is 9.43. The van der Waals surface area contributed by atoms with E-state index in [1.807, 2.05) is 6.07 Å². The van der Waals surface area contributed by atoms with Gasteiger partial charge in [-0.1, -0.05) is 24.9 Å². The molecular weight excluding hydrogens is 364 g/mol. The summed E-state index contributed by atoms with van der Waals surface area (Å²) in [7, 11) is 0. The Hall–Kier alpha value is -2.77. The van der Waals surface area contributed by atoms with Gasteiger partial charge >= 0.3 is 5.97 Å². The van der Waals surface area contributed by atoms with Crippen LogP contribution in [0.3, 0.4) is 0 Å². The number of rotatable bonds is 7. The quantitative estimate of drug-likeness (QED) is 0.436. The second-order valence-corrected chi connectivity index (χ2v) is 7.11. The number of amides is 1. The number of carbonyl (C=O) groups excluding carboxylic acids is 2. The molecule has 1 amide bonds. The zero-order valence-electron chi connectivity index (χ0n) is 16.2. The number of esters is 1. The molecular formula is C20H26N2O6. The third-order valence-electron chi connectivity index (χ3n) is 5.00. The standard InChI is InChI=1S/C20H26N2O6/c1-13-5-3-4-6-16(13)21-19(23)10-25-20(24)11-28-22-14(2)15-7-8-17-18(9-15)27-12-26-17/h7-9,13,16H,3-6,10-12H2,1-2H3,(H,21,23)/b22-14-/t13-,16-/m1/s1. The molecule has 1 aliphatic carbocycles. The first kappa shape index (κ1) is 20.0. The fourth-order valence-electron chi connectivity index (χ4n) is 3.32. The molecule has 8 heteroatoms. The van der Waals surface area contributed by atoms with Crippen molar-refractivity contribution < 1.29 is 28.6 Å². The van der Waals surface area contributed by atoms with E-state index in [0.29, 0.717) is 23.1 Å². The molecule has 0 unspecified atom stereocenters. The van der Waals surface area contributed by atoms with Gasteiger partial charge in [-0.25, -0.2) is 4.79 Å². The highest BCUT2D eigenvalue weighted by atomic mass is 16.7. The summed E-state index contributed by atoms with van der Waals surface area (Å²) in [6, 6.07) is 5.56. The molecule has 152 valence electrons. The van der Waals surface area contributed by atoms with E-state index in [9.17, 15) is 9.59 Å². The van der Waals surface area contributed by atoms with Crippen LogP contribution in [-0.2, 0) is 19.2 Å². The molecule has 0 spiro atoms. The molecule has 3 rings (SSSR count). The molecule has 2 atom stereocenters. The number of benzene rings is 1. The Morgan fingerprint density at radius 1 is 1.18 bits per heavy atom. The van der Waals surface area contributed by atoms with Crippen molar-refractivity contribution in [1.82, 2.24) is 5.32 Å². The van der Waals surface area contributed by atoms with Crippen LogP contribution >= 0.6 is 0 Å². The van der Waals surface area contributed by atoms with Gasteiger partial charge in [0.05, 0.1) is 5.71 Å². The lowest BCUT2D eigenvalue weighted by Crippen LogP contribution is -2.43. The number of nitrogens with zero attached hydrogens (tertiary/aromatic N) is 1. The lowest BCUT2D eigenvalue weighted by molar-refractivity contribution is -0.153. The topological polar surface area (TPSA) is 95.5 Å². The molecule has 0 aromatic heterocycles. The minimum absolute atomic E-state index is 0.158. The Bertz CT molecular complexity index is 748. The fraction of sp³-hybridized carbons (Fsp3) is 0.550. The van der Waals surface area contributed by atoms with Gasteiger partial charge in [0.25, 0.3) is 5.91 Å². The largest absolute Gasteiger partial charge is 0.454 e. The average Bonchev–Trinajstić information content (AvgIpc) is 3.16. The average molecular weight is 390 g/mol. The van der Waals surface area contributed by atoms with Gasteiger partial charge in [-0.3, -0.25) is 4.79 Å². The van der Waals surface area contributed by atoms with Crippen molar-refractivity contribution in [3.63, 3.8) is 0 Å². The van der Waals surface area contributed by atoms with Gasteiger partial charge in [0.1, 0.15) is 0 Å². The smallest absolute Gasteiger partial charge is 0.347 e. The van der Waals surface area contributed by atoms with Crippen molar-refractivity contribution in [2.75, 3.05) is 20.0 Å². The maximum Gasteiger partial charge on any atom is 0.347 e. The lowest BCUT2D eigenvalue weighted by Gasteiger charge is -2.29. The Balaban J connectivity index is 1.38. The first-order valence-electron chi connectivity index (χ1n) is 9.54. The summed E-state index contributed by atoms with van der Waals surface area (Å²) < 4.78 is 15.5. The van der Waals surface area contributed by atoms with Crippen LogP contribution in [0.15, 0.2) is 23.4 Å². The number of fused-ring (bicyclic) bond motifs is 1. The van der Waals surface area contributed by atoms with Gasteiger partial charge in [0.15, 0.2) is 18.1 Å². The molecule has 1 saturated carbocycles. The molecule has 28 heavy (non-hydrogen) atoms. The van der Waals surface area contributed by atoms with Gasteiger partial charge in [-0.05, 0) is 43.9 Å². The number of oxime groups is 1. The van der Waals surface area contributed by atoms with Crippen molar-refractivity contribution >= 4 is 17.6 Å². The maximum absolute atomic E-state index is 11.9. The number of nitrogens with one attached hydrogen (secondary N) is 1. The minimum Gasteiger partial charge on any atom is -0.454 e. The Kier molecular flexibility index (Phi) is 6.73. The third kappa shape index (κ3) is 5.37. The monoisotopic (exact) mass is 390 g/mol. The van der Waals surface area contributed by atoms with Crippen LogP contribution in [0.5, 0.6) is 11.5 Å². The zero-order chi connectivity index (χ0) is 19.9. The highest BCUT2D eigenvalue weighted by Crippen LogP contribution is 2.32. The first-order chi connectivity index (χ1) is 13.5. The lowest BCUT2D eigenvalue weighted by atomic mass is 9.86. The van der Waals surface area contributed by atoms with E-state index in [0.717, 1.165) is 24.8 Å². The summed E-state index contributed by atoms with van der Waals surface area (Å²) in [5.41, 5.74) is 1.37. The summed E-state index contributed by atoms with van der Waals surface area (Å²) >= 11 is 0. The van der Waals surface area contributed by atoms with Crippen LogP contribution in [0.2, 0.25) is 0 Å². The van der Waals surface area contributed by atoms with Gasteiger partial charge in [0, 0.05) is 11.6 Å². The molecule has 8 nitrogen and oxygen atoms in total. The van der Waals surface area contributed by atoms with Crippen LogP contribution in [0, 0.1) is 5.92 Å². The van der Waals surface area contributed by atoms with E-state index in [4.69, 9.17) is 19.0 Å². The van der Waals surface area contributed by atoms with Gasteiger partial charge < -0.3 is 24.4 Å². The predicted molar refractivity (Wildman–Crippen MR) is 101 cm³/mol. The summed E-state index contributed by atoms with van der Waals surface area (Å²) in [6.45, 7) is 3.40. The molecule has 1 aromatic carbocycles. The number of hydrogen-bond donors (Lipinski definition) is 1. The summed E-state index contributed by atoms with van der Waals surface area (Å²) in [6.07, 6.45) is 4.40. The SMILES string of the molecule is C/C(=N/OCC(=O)OCC(=O)N[C@@H]1CCCC[C@H]1C)c1ccc2c(c1)OCO2. The van der Waals surface area contributed by atoms with Crippen LogP contribution < -0.4 is 14.8 Å². The zero-order valence-corrected chi connectivity index (χ0v) is 16.2. The van der Waals surface area contributed by atoms with Crippen LogP contribution in [0.25, 0.3) is 0 Å². The number of carbonyl (C=O) groups is 2. The highest BCUT2D eigenvalue weighted by Gasteiger charge is 2.23.